The number of rotatable bonds is 6. The van der Waals surface area contributed by atoms with Gasteiger partial charge in [0.1, 0.15) is 11.6 Å². The number of aliphatic hydroxyl groups is 1. The summed E-state index contributed by atoms with van der Waals surface area (Å²) in [7, 11) is 0. The van der Waals surface area contributed by atoms with E-state index in [0.717, 1.165) is 31.6 Å². The van der Waals surface area contributed by atoms with Gasteiger partial charge in [0, 0.05) is 24.2 Å². The summed E-state index contributed by atoms with van der Waals surface area (Å²) in [6.45, 7) is 1.66. The molecule has 26 heavy (non-hydrogen) atoms. The van der Waals surface area contributed by atoms with Crippen LogP contribution in [-0.4, -0.2) is 35.2 Å². The Morgan fingerprint density at radius 1 is 1.00 bits per heavy atom. The highest BCUT2D eigenvalue weighted by Gasteiger charge is 2.48. The molecule has 3 nitrogen and oxygen atoms in total. The molecule has 2 aromatic carbocycles. The Morgan fingerprint density at radius 3 is 2.35 bits per heavy atom. The zero-order valence-corrected chi connectivity index (χ0v) is 15.0. The van der Waals surface area contributed by atoms with Gasteiger partial charge >= 0.3 is 0 Å². The molecule has 4 rings (SSSR count). The van der Waals surface area contributed by atoms with Crippen LogP contribution < -0.4 is 4.74 Å². The fourth-order valence-electron chi connectivity index (χ4n) is 4.69. The van der Waals surface area contributed by atoms with Gasteiger partial charge < -0.3 is 9.84 Å². The predicted molar refractivity (Wildman–Crippen MR) is 99.6 cm³/mol. The molecular formula is C22H26FNO2. The molecule has 0 amide bonds. The normalized spacial score (nSPS) is 28.2. The average Bonchev–Trinajstić information content (AvgIpc) is 2.90. The molecule has 0 aromatic heterocycles. The Labute approximate surface area is 154 Å². The molecule has 0 saturated carbocycles. The molecular weight excluding hydrogens is 329 g/mol. The van der Waals surface area contributed by atoms with E-state index in [1.165, 1.54) is 6.07 Å². The summed E-state index contributed by atoms with van der Waals surface area (Å²) >= 11 is 0. The van der Waals surface area contributed by atoms with Crippen molar-refractivity contribution in [3.8, 4) is 5.75 Å². The summed E-state index contributed by atoms with van der Waals surface area (Å²) in [4.78, 5) is 2.50. The van der Waals surface area contributed by atoms with Crippen molar-refractivity contribution in [3.63, 3.8) is 0 Å². The van der Waals surface area contributed by atoms with Crippen molar-refractivity contribution in [2.45, 2.75) is 49.8 Å². The first-order valence-corrected chi connectivity index (χ1v) is 9.57. The van der Waals surface area contributed by atoms with Gasteiger partial charge in [0.15, 0.2) is 0 Å². The molecule has 2 aliphatic rings. The minimum Gasteiger partial charge on any atom is -0.494 e. The minimum absolute atomic E-state index is 0.292. The molecule has 2 aliphatic heterocycles. The number of benzene rings is 2. The molecule has 0 aliphatic carbocycles. The van der Waals surface area contributed by atoms with E-state index in [1.807, 2.05) is 36.4 Å². The van der Waals surface area contributed by atoms with Crippen LogP contribution in [0.2, 0.25) is 0 Å². The highest BCUT2D eigenvalue weighted by atomic mass is 19.1. The fourth-order valence-corrected chi connectivity index (χ4v) is 4.69. The third-order valence-corrected chi connectivity index (χ3v) is 5.87. The van der Waals surface area contributed by atoms with Crippen LogP contribution in [0.15, 0.2) is 54.6 Å². The van der Waals surface area contributed by atoms with Crippen LogP contribution in [0.4, 0.5) is 4.39 Å². The molecule has 0 unspecified atom stereocenters. The molecule has 2 saturated heterocycles. The quantitative estimate of drug-likeness (QED) is 0.792. The smallest absolute Gasteiger partial charge is 0.129 e. The lowest BCUT2D eigenvalue weighted by Gasteiger charge is -2.44. The van der Waals surface area contributed by atoms with E-state index in [0.29, 0.717) is 37.1 Å². The van der Waals surface area contributed by atoms with Crippen LogP contribution >= 0.6 is 0 Å². The Balaban J connectivity index is 1.34. The second kappa shape index (κ2) is 7.37. The highest BCUT2D eigenvalue weighted by molar-refractivity contribution is 5.27. The zero-order chi connectivity index (χ0) is 18.0. The lowest BCUT2D eigenvalue weighted by molar-refractivity contribution is -0.0596. The van der Waals surface area contributed by atoms with Crippen molar-refractivity contribution in [2.24, 2.45) is 0 Å². The van der Waals surface area contributed by atoms with E-state index in [2.05, 4.69) is 4.90 Å². The number of halogens is 1. The third kappa shape index (κ3) is 3.49. The summed E-state index contributed by atoms with van der Waals surface area (Å²) in [5, 5.41) is 11.2. The topological polar surface area (TPSA) is 32.7 Å². The first-order chi connectivity index (χ1) is 12.7. The first-order valence-electron chi connectivity index (χ1n) is 9.57. The first kappa shape index (κ1) is 17.5. The standard InChI is InChI=1S/C22H26FNO2/c23-21-10-5-4-9-20(21)22(25)15-17-11-12-18(16-22)24(17)13-6-14-26-19-7-2-1-3-8-19/h1-5,7-10,17-18,25H,6,11-16H2/t17-,18-/m0/s1. The van der Waals surface area contributed by atoms with Gasteiger partial charge in [0.2, 0.25) is 0 Å². The molecule has 0 spiro atoms. The summed E-state index contributed by atoms with van der Waals surface area (Å²) < 4.78 is 20.0. The maximum atomic E-state index is 14.2. The summed E-state index contributed by atoms with van der Waals surface area (Å²) in [6.07, 6.45) is 4.36. The Kier molecular flexibility index (Phi) is 4.96. The van der Waals surface area contributed by atoms with Crippen LogP contribution in [0.3, 0.4) is 0 Å². The lowest BCUT2D eigenvalue weighted by atomic mass is 9.80. The van der Waals surface area contributed by atoms with Gasteiger partial charge in [-0.1, -0.05) is 36.4 Å². The van der Waals surface area contributed by atoms with Gasteiger partial charge in [0.25, 0.3) is 0 Å². The number of nitrogens with zero attached hydrogens (tertiary/aromatic N) is 1. The van der Waals surface area contributed by atoms with Crippen LogP contribution in [0.5, 0.6) is 5.75 Å². The van der Waals surface area contributed by atoms with E-state index in [4.69, 9.17) is 4.74 Å². The van der Waals surface area contributed by atoms with Crippen LogP contribution in [0.25, 0.3) is 0 Å². The summed E-state index contributed by atoms with van der Waals surface area (Å²) in [5.74, 6) is 0.613. The van der Waals surface area contributed by atoms with Crippen molar-refractivity contribution >= 4 is 0 Å². The molecule has 2 bridgehead atoms. The zero-order valence-electron chi connectivity index (χ0n) is 15.0. The summed E-state index contributed by atoms with van der Waals surface area (Å²) in [5.41, 5.74) is -0.572. The average molecular weight is 355 g/mol. The Hall–Kier alpha value is -1.91. The Bertz CT molecular complexity index is 722. The highest BCUT2D eigenvalue weighted by Crippen LogP contribution is 2.46. The summed E-state index contributed by atoms with van der Waals surface area (Å²) in [6, 6.07) is 17.2. The van der Waals surface area contributed by atoms with E-state index >= 15 is 0 Å². The Morgan fingerprint density at radius 2 is 1.65 bits per heavy atom. The second-order valence-corrected chi connectivity index (χ2v) is 7.56. The van der Waals surface area contributed by atoms with Crippen LogP contribution in [-0.2, 0) is 5.60 Å². The molecule has 1 N–H and O–H groups in total. The monoisotopic (exact) mass is 355 g/mol. The number of fused-ring (bicyclic) bond motifs is 2. The SMILES string of the molecule is OC1(c2ccccc2F)C[C@@H]2CC[C@@H](C1)N2CCCOc1ccccc1. The number of para-hydroxylation sites is 1. The molecule has 0 radical (unpaired) electrons. The van der Waals surface area contributed by atoms with Crippen LogP contribution in [0, 0.1) is 5.82 Å². The van der Waals surface area contributed by atoms with Crippen LogP contribution in [0.1, 0.15) is 37.7 Å². The maximum Gasteiger partial charge on any atom is 0.129 e. The van der Waals surface area contributed by atoms with Gasteiger partial charge in [-0.3, -0.25) is 4.90 Å². The van der Waals surface area contributed by atoms with Gasteiger partial charge in [-0.2, -0.15) is 0 Å². The molecule has 2 aromatic rings. The van der Waals surface area contributed by atoms with Crippen molar-refractivity contribution in [3.05, 3.63) is 66.0 Å². The van der Waals surface area contributed by atoms with Gasteiger partial charge in [-0.25, -0.2) is 4.39 Å². The predicted octanol–water partition coefficient (Wildman–Crippen LogP) is 4.11. The lowest BCUT2D eigenvalue weighted by Crippen LogP contribution is -2.50. The van der Waals surface area contributed by atoms with Gasteiger partial charge in [-0.05, 0) is 50.3 Å². The molecule has 2 atom stereocenters. The van der Waals surface area contributed by atoms with Crippen molar-refractivity contribution < 1.29 is 14.2 Å². The third-order valence-electron chi connectivity index (χ3n) is 5.87. The molecule has 2 fully saturated rings. The van der Waals surface area contributed by atoms with E-state index in [9.17, 15) is 9.50 Å². The molecule has 138 valence electrons. The number of ether oxygens (including phenoxy) is 1. The second-order valence-electron chi connectivity index (χ2n) is 7.56. The number of piperidine rings is 1. The van der Waals surface area contributed by atoms with Crippen molar-refractivity contribution in [2.75, 3.05) is 13.2 Å². The van der Waals surface area contributed by atoms with E-state index in [-0.39, 0.29) is 5.82 Å². The number of hydrogen-bond acceptors (Lipinski definition) is 3. The fraction of sp³-hybridized carbons (Fsp3) is 0.455. The largest absolute Gasteiger partial charge is 0.494 e. The maximum absolute atomic E-state index is 14.2. The van der Waals surface area contributed by atoms with E-state index < -0.39 is 5.60 Å². The molecule has 2 heterocycles. The van der Waals surface area contributed by atoms with Gasteiger partial charge in [-0.15, -0.1) is 0 Å². The van der Waals surface area contributed by atoms with E-state index in [1.54, 1.807) is 12.1 Å². The number of hydrogen-bond donors (Lipinski definition) is 1. The molecule has 4 heteroatoms. The van der Waals surface area contributed by atoms with Crippen molar-refractivity contribution in [1.82, 2.24) is 4.90 Å². The van der Waals surface area contributed by atoms with Gasteiger partial charge in [0.05, 0.1) is 12.2 Å². The van der Waals surface area contributed by atoms with Crippen molar-refractivity contribution in [1.29, 1.82) is 0 Å². The minimum atomic E-state index is -1.03.